The zero-order chi connectivity index (χ0) is 16.1. The van der Waals surface area contributed by atoms with Gasteiger partial charge >= 0.3 is 0 Å². The van der Waals surface area contributed by atoms with E-state index in [2.05, 4.69) is 10.6 Å². The highest BCUT2D eigenvalue weighted by molar-refractivity contribution is 5.94. The summed E-state index contributed by atoms with van der Waals surface area (Å²) in [5, 5.41) is 6.04. The van der Waals surface area contributed by atoms with Crippen molar-refractivity contribution in [3.05, 3.63) is 35.4 Å². The standard InChI is InChI=1S/C16H23N3O3.ClH/c1-11-14(17-7-8-22-11)15(20)18-10-12-5-4-6-13(9-12)16(21)19(2)3;/h4-6,9,11,14,17H,7-8,10H2,1-3H3,(H,18,20);1H/t11-,14+;/m1./s1. The van der Waals surface area contributed by atoms with Crippen molar-refractivity contribution in [2.45, 2.75) is 25.6 Å². The molecule has 7 heteroatoms. The minimum absolute atomic E-state index is 0. The number of nitrogens with zero attached hydrogens (tertiary/aromatic N) is 1. The Bertz CT molecular complexity index is 551. The Morgan fingerprint density at radius 1 is 1.39 bits per heavy atom. The molecular formula is C16H24ClN3O3. The van der Waals surface area contributed by atoms with Gasteiger partial charge in [-0.2, -0.15) is 0 Å². The number of carbonyl (C=O) groups is 2. The smallest absolute Gasteiger partial charge is 0.253 e. The minimum Gasteiger partial charge on any atom is -0.375 e. The lowest BCUT2D eigenvalue weighted by molar-refractivity contribution is -0.129. The molecule has 0 spiro atoms. The molecule has 1 fully saturated rings. The molecule has 2 amide bonds. The van der Waals surface area contributed by atoms with Gasteiger partial charge in [-0.1, -0.05) is 12.1 Å². The number of morpholine rings is 1. The monoisotopic (exact) mass is 341 g/mol. The van der Waals surface area contributed by atoms with Crippen LogP contribution < -0.4 is 10.6 Å². The highest BCUT2D eigenvalue weighted by atomic mass is 35.5. The van der Waals surface area contributed by atoms with Crippen LogP contribution in [0.15, 0.2) is 24.3 Å². The van der Waals surface area contributed by atoms with Crippen LogP contribution in [0.1, 0.15) is 22.8 Å². The van der Waals surface area contributed by atoms with Crippen LogP contribution in [0.3, 0.4) is 0 Å². The van der Waals surface area contributed by atoms with Crippen molar-refractivity contribution in [3.8, 4) is 0 Å². The number of nitrogens with one attached hydrogen (secondary N) is 2. The third-order valence-electron chi connectivity index (χ3n) is 3.65. The lowest BCUT2D eigenvalue weighted by atomic mass is 10.1. The van der Waals surface area contributed by atoms with Crippen molar-refractivity contribution in [2.75, 3.05) is 27.2 Å². The second-order valence-corrected chi connectivity index (χ2v) is 5.63. The van der Waals surface area contributed by atoms with Crippen molar-refractivity contribution in [1.29, 1.82) is 0 Å². The van der Waals surface area contributed by atoms with Crippen LogP contribution in [0, 0.1) is 0 Å². The van der Waals surface area contributed by atoms with Gasteiger partial charge in [0.2, 0.25) is 5.91 Å². The van der Waals surface area contributed by atoms with E-state index in [4.69, 9.17) is 4.74 Å². The summed E-state index contributed by atoms with van der Waals surface area (Å²) in [6, 6.07) is 6.95. The average Bonchev–Trinajstić information content (AvgIpc) is 2.52. The molecule has 0 unspecified atom stereocenters. The number of amides is 2. The highest BCUT2D eigenvalue weighted by Gasteiger charge is 2.27. The maximum Gasteiger partial charge on any atom is 0.253 e. The van der Waals surface area contributed by atoms with Gasteiger partial charge in [-0.05, 0) is 24.6 Å². The summed E-state index contributed by atoms with van der Waals surface area (Å²) in [5.41, 5.74) is 1.51. The first-order valence-electron chi connectivity index (χ1n) is 7.42. The lowest BCUT2D eigenvalue weighted by Gasteiger charge is -2.29. The van der Waals surface area contributed by atoms with Gasteiger partial charge in [-0.3, -0.25) is 9.59 Å². The fourth-order valence-corrected chi connectivity index (χ4v) is 2.40. The molecule has 128 valence electrons. The predicted molar refractivity (Wildman–Crippen MR) is 90.8 cm³/mol. The number of halogens is 1. The molecule has 1 aliphatic heterocycles. The summed E-state index contributed by atoms with van der Waals surface area (Å²) in [5.74, 6) is -0.138. The van der Waals surface area contributed by atoms with Gasteiger partial charge in [-0.15, -0.1) is 12.4 Å². The van der Waals surface area contributed by atoms with E-state index in [0.29, 0.717) is 25.3 Å². The third kappa shape index (κ3) is 5.20. The molecule has 0 bridgehead atoms. The molecule has 1 aromatic carbocycles. The number of hydrogen-bond donors (Lipinski definition) is 2. The Balaban J connectivity index is 0.00000264. The van der Waals surface area contributed by atoms with Crippen molar-refractivity contribution in [1.82, 2.24) is 15.5 Å². The summed E-state index contributed by atoms with van der Waals surface area (Å²) in [6.07, 6.45) is -0.143. The predicted octanol–water partition coefficient (Wildman–Crippen LogP) is 0.803. The normalized spacial score (nSPS) is 20.3. The fraction of sp³-hybridized carbons (Fsp3) is 0.500. The lowest BCUT2D eigenvalue weighted by Crippen LogP contribution is -2.55. The van der Waals surface area contributed by atoms with Crippen molar-refractivity contribution in [2.24, 2.45) is 0 Å². The van der Waals surface area contributed by atoms with Crippen LogP contribution in [-0.4, -0.2) is 56.1 Å². The first-order chi connectivity index (χ1) is 10.5. The molecule has 23 heavy (non-hydrogen) atoms. The molecule has 1 heterocycles. The number of rotatable bonds is 4. The van der Waals surface area contributed by atoms with Crippen LogP contribution in [0.5, 0.6) is 0 Å². The summed E-state index contributed by atoms with van der Waals surface area (Å²) in [4.78, 5) is 25.6. The van der Waals surface area contributed by atoms with Crippen molar-refractivity contribution < 1.29 is 14.3 Å². The number of ether oxygens (including phenoxy) is 1. The second-order valence-electron chi connectivity index (χ2n) is 5.63. The van der Waals surface area contributed by atoms with Crippen LogP contribution >= 0.6 is 12.4 Å². The van der Waals surface area contributed by atoms with Crippen molar-refractivity contribution >= 4 is 24.2 Å². The third-order valence-corrected chi connectivity index (χ3v) is 3.65. The topological polar surface area (TPSA) is 70.7 Å². The van der Waals surface area contributed by atoms with Gasteiger partial charge in [0, 0.05) is 32.7 Å². The molecule has 2 N–H and O–H groups in total. The zero-order valence-electron chi connectivity index (χ0n) is 13.7. The average molecular weight is 342 g/mol. The molecule has 0 aromatic heterocycles. The fourth-order valence-electron chi connectivity index (χ4n) is 2.40. The zero-order valence-corrected chi connectivity index (χ0v) is 14.5. The molecule has 2 atom stereocenters. The molecule has 0 saturated carbocycles. The summed E-state index contributed by atoms with van der Waals surface area (Å²) in [6.45, 7) is 3.57. The van der Waals surface area contributed by atoms with E-state index in [1.54, 1.807) is 26.2 Å². The van der Waals surface area contributed by atoms with Gasteiger partial charge in [0.25, 0.3) is 5.91 Å². The first-order valence-corrected chi connectivity index (χ1v) is 7.42. The van der Waals surface area contributed by atoms with Crippen molar-refractivity contribution in [3.63, 3.8) is 0 Å². The van der Waals surface area contributed by atoms with E-state index in [1.807, 2.05) is 19.1 Å². The van der Waals surface area contributed by atoms with Gasteiger partial charge in [-0.25, -0.2) is 0 Å². The minimum atomic E-state index is -0.333. The second kappa shape index (κ2) is 8.86. The van der Waals surface area contributed by atoms with Crippen LogP contribution in [0.25, 0.3) is 0 Å². The van der Waals surface area contributed by atoms with Crippen LogP contribution in [0.4, 0.5) is 0 Å². The van der Waals surface area contributed by atoms with E-state index in [-0.39, 0.29) is 36.4 Å². The number of hydrogen-bond acceptors (Lipinski definition) is 4. The summed E-state index contributed by atoms with van der Waals surface area (Å²) >= 11 is 0. The molecule has 0 aliphatic carbocycles. The molecule has 2 rings (SSSR count). The molecule has 0 radical (unpaired) electrons. The Hall–Kier alpha value is -1.63. The van der Waals surface area contributed by atoms with E-state index >= 15 is 0 Å². The van der Waals surface area contributed by atoms with E-state index in [1.165, 1.54) is 4.90 Å². The summed E-state index contributed by atoms with van der Waals surface area (Å²) in [7, 11) is 3.43. The van der Waals surface area contributed by atoms with E-state index < -0.39 is 0 Å². The first kappa shape index (κ1) is 19.4. The molecule has 6 nitrogen and oxygen atoms in total. The Morgan fingerprint density at radius 2 is 2.13 bits per heavy atom. The van der Waals surface area contributed by atoms with E-state index in [0.717, 1.165) is 5.56 Å². The number of carbonyl (C=O) groups excluding carboxylic acids is 2. The Morgan fingerprint density at radius 3 is 2.78 bits per heavy atom. The molecule has 1 aromatic rings. The molecule has 1 aliphatic rings. The SMILES string of the molecule is C[C@H]1OCCN[C@@H]1C(=O)NCc1cccc(C(=O)N(C)C)c1.Cl. The van der Waals surface area contributed by atoms with Crippen LogP contribution in [0.2, 0.25) is 0 Å². The summed E-state index contributed by atoms with van der Waals surface area (Å²) < 4.78 is 5.47. The van der Waals surface area contributed by atoms with E-state index in [9.17, 15) is 9.59 Å². The number of benzene rings is 1. The highest BCUT2D eigenvalue weighted by Crippen LogP contribution is 2.08. The van der Waals surface area contributed by atoms with Gasteiger partial charge in [0.15, 0.2) is 0 Å². The van der Waals surface area contributed by atoms with Gasteiger partial charge in [0.05, 0.1) is 12.7 Å². The maximum absolute atomic E-state index is 12.2. The Labute approximate surface area is 143 Å². The largest absolute Gasteiger partial charge is 0.375 e. The van der Waals surface area contributed by atoms with Gasteiger partial charge < -0.3 is 20.3 Å². The van der Waals surface area contributed by atoms with Gasteiger partial charge in [0.1, 0.15) is 6.04 Å². The van der Waals surface area contributed by atoms with Crippen LogP contribution in [-0.2, 0) is 16.1 Å². The quantitative estimate of drug-likeness (QED) is 0.850. The Kier molecular flexibility index (Phi) is 7.48. The molecule has 1 saturated heterocycles. The maximum atomic E-state index is 12.2. The molecular weight excluding hydrogens is 318 g/mol.